The zero-order valence-corrected chi connectivity index (χ0v) is 7.23. The van der Waals surface area contributed by atoms with Crippen LogP contribution in [0, 0.1) is 0 Å². The first-order valence-corrected chi connectivity index (χ1v) is 3.44. The standard InChI is InChI=1S/C6HF11/c7-1(3(8)6(15,16)17)2(4(9,10)11)5(12,13)14/h3H. The molecule has 0 N–H and O–H groups in total. The van der Waals surface area contributed by atoms with E-state index in [4.69, 9.17) is 0 Å². The minimum Gasteiger partial charge on any atom is -0.230 e. The van der Waals surface area contributed by atoms with Crippen molar-refractivity contribution >= 4 is 0 Å². The Labute approximate surface area is 85.7 Å². The van der Waals surface area contributed by atoms with Crippen LogP contribution in [0.1, 0.15) is 0 Å². The first kappa shape index (κ1) is 16.0. The summed E-state index contributed by atoms with van der Waals surface area (Å²) in [6, 6.07) is 0. The topological polar surface area (TPSA) is 0 Å². The molecule has 17 heavy (non-hydrogen) atoms. The molecule has 0 saturated heterocycles. The van der Waals surface area contributed by atoms with Crippen molar-refractivity contribution in [3.63, 3.8) is 0 Å². The van der Waals surface area contributed by atoms with Gasteiger partial charge in [-0.2, -0.15) is 39.5 Å². The lowest BCUT2D eigenvalue weighted by atomic mass is 10.1. The monoisotopic (exact) mass is 282 g/mol. The van der Waals surface area contributed by atoms with E-state index in [1.165, 1.54) is 0 Å². The lowest BCUT2D eigenvalue weighted by Gasteiger charge is -2.18. The minimum atomic E-state index is -6.49. The van der Waals surface area contributed by atoms with Gasteiger partial charge in [-0.05, 0) is 0 Å². The zero-order valence-electron chi connectivity index (χ0n) is 7.23. The smallest absolute Gasteiger partial charge is 0.230 e. The predicted molar refractivity (Wildman–Crippen MR) is 31.2 cm³/mol. The molecule has 102 valence electrons. The molecular formula is C6HF11. The Hall–Kier alpha value is -1.03. The van der Waals surface area contributed by atoms with Crippen LogP contribution in [0.4, 0.5) is 48.3 Å². The highest BCUT2D eigenvalue weighted by atomic mass is 19.4. The average Bonchev–Trinajstić information content (AvgIpc) is 1.94. The Balaban J connectivity index is 5.75. The molecule has 0 radical (unpaired) electrons. The summed E-state index contributed by atoms with van der Waals surface area (Å²) < 4.78 is 129. The van der Waals surface area contributed by atoms with Crippen molar-refractivity contribution in [3.8, 4) is 0 Å². The second kappa shape index (κ2) is 4.33. The maximum atomic E-state index is 12.3. The second-order valence-electron chi connectivity index (χ2n) is 2.62. The van der Waals surface area contributed by atoms with E-state index < -0.39 is 36.1 Å². The number of hydrogen-bond donors (Lipinski definition) is 0. The Morgan fingerprint density at radius 3 is 1.18 bits per heavy atom. The molecule has 0 saturated carbocycles. The van der Waals surface area contributed by atoms with Gasteiger partial charge in [0.15, 0.2) is 11.4 Å². The van der Waals surface area contributed by atoms with E-state index in [9.17, 15) is 48.3 Å². The van der Waals surface area contributed by atoms with Crippen LogP contribution < -0.4 is 0 Å². The fourth-order valence-corrected chi connectivity index (χ4v) is 0.702. The molecule has 0 spiro atoms. The number of halogens is 11. The van der Waals surface area contributed by atoms with Crippen LogP contribution in [0.15, 0.2) is 11.4 Å². The van der Waals surface area contributed by atoms with Gasteiger partial charge >= 0.3 is 18.5 Å². The summed E-state index contributed by atoms with van der Waals surface area (Å²) in [6.45, 7) is 0. The highest BCUT2D eigenvalue weighted by molar-refractivity contribution is 5.23. The second-order valence-corrected chi connectivity index (χ2v) is 2.62. The predicted octanol–water partition coefficient (Wildman–Crippen LogP) is 4.24. The molecule has 0 amide bonds. The number of alkyl halides is 10. The van der Waals surface area contributed by atoms with Crippen LogP contribution in [0.2, 0.25) is 0 Å². The molecule has 0 nitrogen and oxygen atoms in total. The highest BCUT2D eigenvalue weighted by Gasteiger charge is 2.58. The first-order valence-electron chi connectivity index (χ1n) is 3.44. The van der Waals surface area contributed by atoms with Crippen molar-refractivity contribution < 1.29 is 48.3 Å². The van der Waals surface area contributed by atoms with Gasteiger partial charge in [0.2, 0.25) is 6.17 Å². The third-order valence-electron chi connectivity index (χ3n) is 1.32. The van der Waals surface area contributed by atoms with Gasteiger partial charge in [0.25, 0.3) is 0 Å². The molecule has 0 aromatic rings. The summed E-state index contributed by atoms with van der Waals surface area (Å²) in [6.07, 6.45) is -24.2. The van der Waals surface area contributed by atoms with Crippen molar-refractivity contribution in [2.75, 3.05) is 0 Å². The van der Waals surface area contributed by atoms with Gasteiger partial charge in [-0.3, -0.25) is 0 Å². The maximum Gasteiger partial charge on any atom is 0.426 e. The number of hydrogen-bond acceptors (Lipinski definition) is 0. The van der Waals surface area contributed by atoms with E-state index in [2.05, 4.69) is 0 Å². The third-order valence-corrected chi connectivity index (χ3v) is 1.32. The zero-order chi connectivity index (χ0) is 14.2. The molecule has 0 aromatic carbocycles. The molecule has 11 heteroatoms. The van der Waals surface area contributed by atoms with Gasteiger partial charge < -0.3 is 0 Å². The third kappa shape index (κ3) is 4.04. The van der Waals surface area contributed by atoms with Crippen LogP contribution in [0.3, 0.4) is 0 Å². The van der Waals surface area contributed by atoms with E-state index in [1.54, 1.807) is 0 Å². The van der Waals surface area contributed by atoms with Crippen LogP contribution in [0.25, 0.3) is 0 Å². The summed E-state index contributed by atoms with van der Waals surface area (Å²) in [5.41, 5.74) is -4.14. The van der Waals surface area contributed by atoms with Crippen LogP contribution in [-0.4, -0.2) is 24.7 Å². The molecular weight excluding hydrogens is 281 g/mol. The average molecular weight is 282 g/mol. The molecule has 0 rings (SSSR count). The largest absolute Gasteiger partial charge is 0.426 e. The Kier molecular flexibility index (Phi) is 4.07. The van der Waals surface area contributed by atoms with Crippen molar-refractivity contribution in [1.82, 2.24) is 0 Å². The van der Waals surface area contributed by atoms with E-state index in [0.717, 1.165) is 0 Å². The van der Waals surface area contributed by atoms with Gasteiger partial charge in [-0.1, -0.05) is 0 Å². The van der Waals surface area contributed by atoms with Crippen molar-refractivity contribution in [3.05, 3.63) is 11.4 Å². The van der Waals surface area contributed by atoms with Crippen LogP contribution in [-0.2, 0) is 0 Å². The van der Waals surface area contributed by atoms with E-state index in [-0.39, 0.29) is 0 Å². The molecule has 0 heterocycles. The lowest BCUT2D eigenvalue weighted by Crippen LogP contribution is -2.33. The highest BCUT2D eigenvalue weighted by Crippen LogP contribution is 2.44. The number of allylic oxidation sites excluding steroid dienone is 2. The molecule has 0 aromatic heterocycles. The van der Waals surface area contributed by atoms with Crippen molar-refractivity contribution in [1.29, 1.82) is 0 Å². The fraction of sp³-hybridized carbons (Fsp3) is 0.667. The van der Waals surface area contributed by atoms with Gasteiger partial charge in [-0.15, -0.1) is 0 Å². The molecule has 0 aliphatic heterocycles. The molecule has 0 fully saturated rings. The van der Waals surface area contributed by atoms with E-state index >= 15 is 0 Å². The van der Waals surface area contributed by atoms with Crippen LogP contribution in [0.5, 0.6) is 0 Å². The van der Waals surface area contributed by atoms with Gasteiger partial charge in [0.05, 0.1) is 0 Å². The van der Waals surface area contributed by atoms with Gasteiger partial charge in [0.1, 0.15) is 0 Å². The van der Waals surface area contributed by atoms with E-state index in [1.807, 2.05) is 0 Å². The molecule has 0 aliphatic rings. The van der Waals surface area contributed by atoms with Gasteiger partial charge in [0, 0.05) is 0 Å². The maximum absolute atomic E-state index is 12.3. The van der Waals surface area contributed by atoms with Crippen molar-refractivity contribution in [2.45, 2.75) is 24.7 Å². The first-order chi connectivity index (χ1) is 7.19. The molecule has 1 unspecified atom stereocenters. The summed E-state index contributed by atoms with van der Waals surface area (Å²) in [7, 11) is 0. The molecule has 0 aliphatic carbocycles. The Bertz CT molecular complexity index is 283. The Morgan fingerprint density at radius 2 is 1.00 bits per heavy atom. The van der Waals surface area contributed by atoms with Crippen molar-refractivity contribution in [2.24, 2.45) is 0 Å². The summed E-state index contributed by atoms with van der Waals surface area (Å²) in [5.74, 6) is -3.96. The number of rotatable bonds is 1. The molecule has 1 atom stereocenters. The SMILES string of the molecule is FC(=C(C(F)(F)F)C(F)(F)F)C(F)C(F)(F)F. The normalized spacial score (nSPS) is 15.7. The fourth-order valence-electron chi connectivity index (χ4n) is 0.702. The summed E-state index contributed by atoms with van der Waals surface area (Å²) in [4.78, 5) is 0. The Morgan fingerprint density at radius 1 is 0.706 bits per heavy atom. The summed E-state index contributed by atoms with van der Waals surface area (Å²) in [5, 5.41) is 0. The minimum absolute atomic E-state index is 3.96. The lowest BCUT2D eigenvalue weighted by molar-refractivity contribution is -0.190. The molecule has 0 bridgehead atoms. The van der Waals surface area contributed by atoms with E-state index in [0.29, 0.717) is 0 Å². The van der Waals surface area contributed by atoms with Crippen LogP contribution >= 0.6 is 0 Å². The van der Waals surface area contributed by atoms with Gasteiger partial charge in [-0.25, -0.2) is 8.78 Å². The quantitative estimate of drug-likeness (QED) is 0.631. The summed E-state index contributed by atoms with van der Waals surface area (Å²) >= 11 is 0.